The molecule has 50 valence electrons. The van der Waals surface area contributed by atoms with Crippen LogP contribution in [-0.2, 0) is 11.0 Å². The zero-order chi connectivity index (χ0) is 6.78. The molecule has 0 aromatic rings. The lowest BCUT2D eigenvalue weighted by atomic mass is 10.5. The third-order valence-electron chi connectivity index (χ3n) is 1.11. The molecule has 0 bridgehead atoms. The highest BCUT2D eigenvalue weighted by atomic mass is 32.2. The second kappa shape index (κ2) is 2.90. The van der Waals surface area contributed by atoms with Gasteiger partial charge in [-0.1, -0.05) is 0 Å². The van der Waals surface area contributed by atoms with E-state index in [-0.39, 0.29) is 4.49 Å². The van der Waals surface area contributed by atoms with Crippen molar-refractivity contribution >= 4 is 19.6 Å². The van der Waals surface area contributed by atoms with Crippen molar-refractivity contribution in [3.05, 3.63) is 0 Å². The van der Waals surface area contributed by atoms with Gasteiger partial charge in [-0.25, -0.2) is 4.21 Å². The molecule has 0 spiro atoms. The van der Waals surface area contributed by atoms with Crippen LogP contribution in [-0.4, -0.2) is 15.4 Å². The van der Waals surface area contributed by atoms with Gasteiger partial charge in [-0.3, -0.25) is 5.14 Å². The fourth-order valence-electron chi connectivity index (χ4n) is 0.101. The van der Waals surface area contributed by atoms with Crippen LogP contribution in [0.2, 0.25) is 0 Å². The molecule has 0 aliphatic heterocycles. The van der Waals surface area contributed by atoms with Crippen LogP contribution < -0.4 is 5.14 Å². The summed E-state index contributed by atoms with van der Waals surface area (Å²) in [5.41, 5.74) is 0. The molecule has 0 aliphatic carbocycles. The van der Waals surface area contributed by atoms with Crippen molar-refractivity contribution in [3.63, 3.8) is 0 Å². The van der Waals surface area contributed by atoms with Crippen molar-refractivity contribution in [2.75, 3.05) is 6.66 Å². The normalized spacial score (nSPS) is 17.5. The summed E-state index contributed by atoms with van der Waals surface area (Å²) >= 11 is 0. The van der Waals surface area contributed by atoms with Gasteiger partial charge in [0.15, 0.2) is 0 Å². The van der Waals surface area contributed by atoms with Crippen molar-refractivity contribution in [2.24, 2.45) is 5.14 Å². The summed E-state index contributed by atoms with van der Waals surface area (Å²) in [6.45, 7) is 5.81. The van der Waals surface area contributed by atoms with Crippen LogP contribution in [0.15, 0.2) is 0 Å². The number of hydrogen-bond donors (Lipinski definition) is 1. The fourth-order valence-corrected chi connectivity index (χ4v) is 0.905. The molecule has 2 nitrogen and oxygen atoms in total. The zero-order valence-electron chi connectivity index (χ0n) is 5.39. The predicted octanol–water partition coefficient (Wildman–Crippen LogP) is 0.653. The molecule has 0 aromatic heterocycles. The standard InChI is InChI=1S/C4H12NOPS/c1-4(2,7-3)8(5)6/h7H,5H2,1-3H3. The first-order valence-corrected chi connectivity index (χ1v) is 5.07. The number of nitrogens with two attached hydrogens (primary N) is 1. The lowest BCUT2D eigenvalue weighted by molar-refractivity contribution is 0.673. The van der Waals surface area contributed by atoms with E-state index in [4.69, 9.17) is 5.14 Å². The number of hydrogen-bond acceptors (Lipinski definition) is 1. The van der Waals surface area contributed by atoms with Crippen LogP contribution in [0.1, 0.15) is 13.8 Å². The first-order chi connectivity index (χ1) is 3.50. The topological polar surface area (TPSA) is 43.1 Å². The van der Waals surface area contributed by atoms with Gasteiger partial charge in [0.05, 0.1) is 15.5 Å². The van der Waals surface area contributed by atoms with E-state index in [1.807, 2.05) is 20.5 Å². The summed E-state index contributed by atoms with van der Waals surface area (Å²) in [5.74, 6) is 0. The minimum absolute atomic E-state index is 0.181. The Labute approximate surface area is 54.6 Å². The van der Waals surface area contributed by atoms with E-state index in [2.05, 4.69) is 0 Å². The summed E-state index contributed by atoms with van der Waals surface area (Å²) in [5, 5.41) is 5.16. The minimum atomic E-state index is -1.16. The molecule has 0 saturated heterocycles. The Morgan fingerprint density at radius 2 is 2.00 bits per heavy atom. The molecule has 2 atom stereocenters. The SMILES string of the molecule is CPC(C)(C)S(N)=O. The highest BCUT2D eigenvalue weighted by Gasteiger charge is 2.19. The summed E-state index contributed by atoms with van der Waals surface area (Å²) in [6, 6.07) is 0. The Balaban J connectivity index is 3.91. The van der Waals surface area contributed by atoms with Crippen LogP contribution in [0.4, 0.5) is 0 Å². The van der Waals surface area contributed by atoms with Crippen molar-refractivity contribution in [1.29, 1.82) is 0 Å². The molecular formula is C4H12NOPS. The summed E-state index contributed by atoms with van der Waals surface area (Å²) < 4.78 is 10.4. The molecule has 4 heteroatoms. The van der Waals surface area contributed by atoms with Crippen LogP contribution in [0, 0.1) is 0 Å². The first-order valence-electron chi connectivity index (χ1n) is 2.36. The third-order valence-corrected chi connectivity index (χ3v) is 4.53. The second-order valence-corrected chi connectivity index (χ2v) is 5.79. The van der Waals surface area contributed by atoms with Gasteiger partial charge in [-0.15, -0.1) is 8.58 Å². The summed E-state index contributed by atoms with van der Waals surface area (Å²) in [4.78, 5) is 0. The van der Waals surface area contributed by atoms with Gasteiger partial charge in [0.25, 0.3) is 0 Å². The van der Waals surface area contributed by atoms with Gasteiger partial charge >= 0.3 is 0 Å². The molecule has 8 heavy (non-hydrogen) atoms. The van der Waals surface area contributed by atoms with E-state index in [1.165, 1.54) is 0 Å². The Morgan fingerprint density at radius 1 is 1.62 bits per heavy atom. The molecule has 0 rings (SSSR count). The van der Waals surface area contributed by atoms with Gasteiger partial charge in [-0.05, 0) is 20.5 Å². The molecule has 0 aromatic carbocycles. The van der Waals surface area contributed by atoms with Gasteiger partial charge in [0.2, 0.25) is 0 Å². The molecule has 0 aliphatic rings. The smallest absolute Gasteiger partial charge is 0.0986 e. The average molecular weight is 153 g/mol. The Kier molecular flexibility index (Phi) is 3.10. The molecule has 0 fully saturated rings. The lowest BCUT2D eigenvalue weighted by Gasteiger charge is -2.17. The monoisotopic (exact) mass is 153 g/mol. The predicted molar refractivity (Wildman–Crippen MR) is 40.6 cm³/mol. The second-order valence-electron chi connectivity index (χ2n) is 2.06. The highest BCUT2D eigenvalue weighted by molar-refractivity contribution is 7.90. The van der Waals surface area contributed by atoms with Crippen molar-refractivity contribution in [2.45, 2.75) is 18.3 Å². The lowest BCUT2D eigenvalue weighted by Crippen LogP contribution is -2.26. The van der Waals surface area contributed by atoms with E-state index in [9.17, 15) is 4.21 Å². The van der Waals surface area contributed by atoms with Crippen molar-refractivity contribution < 1.29 is 4.21 Å². The van der Waals surface area contributed by atoms with E-state index < -0.39 is 11.0 Å². The maximum atomic E-state index is 10.6. The Morgan fingerprint density at radius 3 is 2.00 bits per heavy atom. The molecule has 0 radical (unpaired) electrons. The zero-order valence-corrected chi connectivity index (χ0v) is 7.21. The first kappa shape index (κ1) is 8.54. The largest absolute Gasteiger partial charge is 0.251 e. The molecular weight excluding hydrogens is 141 g/mol. The van der Waals surface area contributed by atoms with E-state index >= 15 is 0 Å². The molecule has 0 saturated carbocycles. The highest BCUT2D eigenvalue weighted by Crippen LogP contribution is 2.28. The Hall–Kier alpha value is 0.540. The number of rotatable bonds is 2. The van der Waals surface area contributed by atoms with Crippen LogP contribution in [0.3, 0.4) is 0 Å². The molecule has 2 unspecified atom stereocenters. The van der Waals surface area contributed by atoms with E-state index in [1.54, 1.807) is 0 Å². The van der Waals surface area contributed by atoms with Crippen LogP contribution in [0.5, 0.6) is 0 Å². The maximum absolute atomic E-state index is 10.6. The van der Waals surface area contributed by atoms with Crippen molar-refractivity contribution in [1.82, 2.24) is 0 Å². The van der Waals surface area contributed by atoms with Gasteiger partial charge < -0.3 is 0 Å². The average Bonchev–Trinajstić information content (AvgIpc) is 1.67. The minimum Gasteiger partial charge on any atom is -0.251 e. The summed E-state index contributed by atoms with van der Waals surface area (Å²) in [6.07, 6.45) is 0. The van der Waals surface area contributed by atoms with Crippen LogP contribution in [0.25, 0.3) is 0 Å². The fraction of sp³-hybridized carbons (Fsp3) is 1.00. The van der Waals surface area contributed by atoms with E-state index in [0.717, 1.165) is 0 Å². The quantitative estimate of drug-likeness (QED) is 0.581. The molecule has 2 N–H and O–H groups in total. The summed E-state index contributed by atoms with van der Waals surface area (Å²) in [7, 11) is -0.524. The maximum Gasteiger partial charge on any atom is 0.0986 e. The van der Waals surface area contributed by atoms with Gasteiger partial charge in [0.1, 0.15) is 0 Å². The third kappa shape index (κ3) is 2.21. The van der Waals surface area contributed by atoms with Crippen molar-refractivity contribution in [3.8, 4) is 0 Å². The van der Waals surface area contributed by atoms with Gasteiger partial charge in [-0.2, -0.15) is 0 Å². The van der Waals surface area contributed by atoms with Gasteiger partial charge in [0, 0.05) is 0 Å². The van der Waals surface area contributed by atoms with Crippen LogP contribution >= 0.6 is 8.58 Å². The molecule has 0 amide bonds. The van der Waals surface area contributed by atoms with E-state index in [0.29, 0.717) is 8.58 Å². The Bertz CT molecular complexity index is 104. The molecule has 0 heterocycles.